The molecule has 0 spiro atoms. The molecule has 0 fully saturated rings. The normalized spacial score (nSPS) is 11.6. The first-order chi connectivity index (χ1) is 7.36. The Hall–Kier alpha value is -1.03. The molecule has 0 bridgehead atoms. The van der Waals surface area contributed by atoms with Crippen LogP contribution in [0, 0.1) is 0 Å². The van der Waals surface area contributed by atoms with E-state index in [1.54, 1.807) is 0 Å². The molecular formula is C11H10ClF3O. The molecule has 1 nitrogen and oxygen atoms in total. The molecule has 0 aliphatic carbocycles. The zero-order valence-electron chi connectivity index (χ0n) is 8.57. The standard InChI is InChI=1S/C11H10ClF3O/c1-2-3-10(16)8-5-4-7(6-9(8)12)11(13,14)15/h4-6H,2-3H2,1H3. The largest absolute Gasteiger partial charge is 0.416 e. The summed E-state index contributed by atoms with van der Waals surface area (Å²) in [5, 5.41) is -0.145. The third-order valence-electron chi connectivity index (χ3n) is 2.07. The van der Waals surface area contributed by atoms with E-state index in [2.05, 4.69) is 0 Å². The number of rotatable bonds is 3. The zero-order chi connectivity index (χ0) is 12.3. The molecule has 5 heteroatoms. The third kappa shape index (κ3) is 2.98. The van der Waals surface area contributed by atoms with E-state index in [0.717, 1.165) is 18.2 Å². The summed E-state index contributed by atoms with van der Waals surface area (Å²) in [6, 6.07) is 2.78. The fourth-order valence-corrected chi connectivity index (χ4v) is 1.57. The lowest BCUT2D eigenvalue weighted by Gasteiger charge is -2.09. The van der Waals surface area contributed by atoms with Gasteiger partial charge >= 0.3 is 6.18 Å². The third-order valence-corrected chi connectivity index (χ3v) is 2.39. The van der Waals surface area contributed by atoms with Crippen LogP contribution in [0.15, 0.2) is 18.2 Å². The van der Waals surface area contributed by atoms with Crippen molar-refractivity contribution in [2.75, 3.05) is 0 Å². The number of carbonyl (C=O) groups excluding carboxylic acids is 1. The highest BCUT2D eigenvalue weighted by Crippen LogP contribution is 2.32. The predicted octanol–water partition coefficient (Wildman–Crippen LogP) is 4.34. The number of ketones is 1. The number of halogens is 4. The molecule has 0 amide bonds. The van der Waals surface area contributed by atoms with Crippen molar-refractivity contribution in [3.8, 4) is 0 Å². The van der Waals surface area contributed by atoms with Crippen LogP contribution in [0.25, 0.3) is 0 Å². The molecule has 0 aromatic heterocycles. The fraction of sp³-hybridized carbons (Fsp3) is 0.364. The molecule has 88 valence electrons. The number of Topliss-reactive ketones (excluding diaryl/α,β-unsaturated/α-hetero) is 1. The molecule has 0 aliphatic heterocycles. The van der Waals surface area contributed by atoms with Crippen molar-refractivity contribution in [2.45, 2.75) is 25.9 Å². The number of alkyl halides is 3. The maximum absolute atomic E-state index is 12.3. The lowest BCUT2D eigenvalue weighted by atomic mass is 10.0. The molecule has 0 atom stereocenters. The molecule has 0 unspecified atom stereocenters. The van der Waals surface area contributed by atoms with E-state index in [1.165, 1.54) is 0 Å². The van der Waals surface area contributed by atoms with Crippen LogP contribution in [0.2, 0.25) is 5.02 Å². The number of benzene rings is 1. The first kappa shape index (κ1) is 13.0. The molecule has 1 aromatic carbocycles. The van der Waals surface area contributed by atoms with Crippen LogP contribution in [0.3, 0.4) is 0 Å². The smallest absolute Gasteiger partial charge is 0.294 e. The Balaban J connectivity index is 3.05. The Labute approximate surface area is 96.2 Å². The van der Waals surface area contributed by atoms with Gasteiger partial charge in [-0.2, -0.15) is 13.2 Å². The molecule has 0 N–H and O–H groups in total. The summed E-state index contributed by atoms with van der Waals surface area (Å²) in [5.74, 6) is -0.235. The van der Waals surface area contributed by atoms with Crippen molar-refractivity contribution in [3.05, 3.63) is 34.3 Å². The predicted molar refractivity (Wildman–Crippen MR) is 55.7 cm³/mol. The average molecular weight is 251 g/mol. The van der Waals surface area contributed by atoms with Gasteiger partial charge in [0.15, 0.2) is 5.78 Å². The van der Waals surface area contributed by atoms with Gasteiger partial charge in [-0.3, -0.25) is 4.79 Å². The fourth-order valence-electron chi connectivity index (χ4n) is 1.28. The highest BCUT2D eigenvalue weighted by molar-refractivity contribution is 6.34. The molecule has 0 saturated heterocycles. The van der Waals surface area contributed by atoms with Gasteiger partial charge in [0.1, 0.15) is 0 Å². The van der Waals surface area contributed by atoms with Crippen molar-refractivity contribution in [2.24, 2.45) is 0 Å². The molecule has 0 radical (unpaired) electrons. The van der Waals surface area contributed by atoms with Gasteiger partial charge in [-0.25, -0.2) is 0 Å². The highest BCUT2D eigenvalue weighted by Gasteiger charge is 2.31. The summed E-state index contributed by atoms with van der Waals surface area (Å²) in [7, 11) is 0. The highest BCUT2D eigenvalue weighted by atomic mass is 35.5. The van der Waals surface area contributed by atoms with E-state index in [1.807, 2.05) is 6.92 Å². The SMILES string of the molecule is CCCC(=O)c1ccc(C(F)(F)F)cc1Cl. The van der Waals surface area contributed by atoms with Crippen LogP contribution in [0.1, 0.15) is 35.7 Å². The summed E-state index contributed by atoms with van der Waals surface area (Å²) in [5.41, 5.74) is -0.693. The number of hydrogen-bond donors (Lipinski definition) is 0. The Morgan fingerprint density at radius 1 is 1.38 bits per heavy atom. The average Bonchev–Trinajstić information content (AvgIpc) is 2.16. The number of hydrogen-bond acceptors (Lipinski definition) is 1. The van der Waals surface area contributed by atoms with Gasteiger partial charge in [-0.1, -0.05) is 18.5 Å². The van der Waals surface area contributed by atoms with Gasteiger partial charge in [0.25, 0.3) is 0 Å². The second-order valence-electron chi connectivity index (χ2n) is 3.37. The molecule has 1 aromatic rings. The van der Waals surface area contributed by atoms with Gasteiger partial charge in [-0.05, 0) is 24.6 Å². The summed E-state index contributed by atoms with van der Waals surface area (Å²) < 4.78 is 36.9. The van der Waals surface area contributed by atoms with Crippen molar-refractivity contribution < 1.29 is 18.0 Å². The Morgan fingerprint density at radius 3 is 2.44 bits per heavy atom. The van der Waals surface area contributed by atoms with Gasteiger partial charge in [0, 0.05) is 12.0 Å². The van der Waals surface area contributed by atoms with E-state index >= 15 is 0 Å². The summed E-state index contributed by atoms with van der Waals surface area (Å²) in [6.45, 7) is 1.82. The zero-order valence-corrected chi connectivity index (χ0v) is 9.32. The molecule has 0 saturated carbocycles. The van der Waals surface area contributed by atoms with Crippen molar-refractivity contribution in [1.29, 1.82) is 0 Å². The van der Waals surface area contributed by atoms with Crippen molar-refractivity contribution in [3.63, 3.8) is 0 Å². The Kier molecular flexibility index (Phi) is 3.97. The topological polar surface area (TPSA) is 17.1 Å². The Bertz CT molecular complexity index is 399. The van der Waals surface area contributed by atoms with Gasteiger partial charge in [0.2, 0.25) is 0 Å². The van der Waals surface area contributed by atoms with Crippen molar-refractivity contribution in [1.82, 2.24) is 0 Å². The Morgan fingerprint density at radius 2 is 2.00 bits per heavy atom. The van der Waals surface area contributed by atoms with E-state index < -0.39 is 11.7 Å². The molecule has 16 heavy (non-hydrogen) atoms. The number of carbonyl (C=O) groups is 1. The van der Waals surface area contributed by atoms with Crippen LogP contribution in [0.5, 0.6) is 0 Å². The monoisotopic (exact) mass is 250 g/mol. The maximum Gasteiger partial charge on any atom is 0.416 e. The summed E-state index contributed by atoms with van der Waals surface area (Å²) in [4.78, 5) is 11.5. The van der Waals surface area contributed by atoms with Crippen LogP contribution < -0.4 is 0 Å². The lowest BCUT2D eigenvalue weighted by Crippen LogP contribution is -2.06. The summed E-state index contributed by atoms with van der Waals surface area (Å²) in [6.07, 6.45) is -3.52. The van der Waals surface area contributed by atoms with Crippen LogP contribution in [-0.2, 0) is 6.18 Å². The van der Waals surface area contributed by atoms with E-state index in [0.29, 0.717) is 6.42 Å². The first-order valence-electron chi connectivity index (χ1n) is 4.76. The van der Waals surface area contributed by atoms with Crippen LogP contribution in [-0.4, -0.2) is 5.78 Å². The van der Waals surface area contributed by atoms with Crippen LogP contribution >= 0.6 is 11.6 Å². The molecular weight excluding hydrogens is 241 g/mol. The van der Waals surface area contributed by atoms with E-state index in [4.69, 9.17) is 11.6 Å². The van der Waals surface area contributed by atoms with E-state index in [9.17, 15) is 18.0 Å². The summed E-state index contributed by atoms with van der Waals surface area (Å²) >= 11 is 5.65. The molecule has 0 aliphatic rings. The quantitative estimate of drug-likeness (QED) is 0.729. The van der Waals surface area contributed by atoms with Gasteiger partial charge in [-0.15, -0.1) is 0 Å². The molecule has 0 heterocycles. The maximum atomic E-state index is 12.3. The van der Waals surface area contributed by atoms with Crippen LogP contribution in [0.4, 0.5) is 13.2 Å². The minimum absolute atomic E-state index is 0.145. The first-order valence-corrected chi connectivity index (χ1v) is 5.14. The van der Waals surface area contributed by atoms with Gasteiger partial charge < -0.3 is 0 Å². The minimum Gasteiger partial charge on any atom is -0.294 e. The molecule has 1 rings (SSSR count). The second kappa shape index (κ2) is 4.87. The van der Waals surface area contributed by atoms with E-state index in [-0.39, 0.29) is 22.8 Å². The minimum atomic E-state index is -4.43. The van der Waals surface area contributed by atoms with Gasteiger partial charge in [0.05, 0.1) is 10.6 Å². The van der Waals surface area contributed by atoms with Crippen molar-refractivity contribution >= 4 is 17.4 Å². The second-order valence-corrected chi connectivity index (χ2v) is 3.77. The lowest BCUT2D eigenvalue weighted by molar-refractivity contribution is -0.137.